The van der Waals surface area contributed by atoms with E-state index in [9.17, 15) is 9.36 Å². The van der Waals surface area contributed by atoms with E-state index in [-0.39, 0.29) is 19.8 Å². The van der Waals surface area contributed by atoms with Gasteiger partial charge in [-0.05, 0) is 61.1 Å². The Morgan fingerprint density at radius 3 is 2.05 bits per heavy atom. The molecule has 1 atom stereocenters. The summed E-state index contributed by atoms with van der Waals surface area (Å²) in [6.07, 6.45) is 0. The first-order valence-corrected chi connectivity index (χ1v) is 9.48. The van der Waals surface area contributed by atoms with Gasteiger partial charge in [-0.25, -0.2) is 0 Å². The van der Waals surface area contributed by atoms with Crippen LogP contribution in [0.4, 0.5) is 0 Å². The molecule has 1 unspecified atom stereocenters. The smallest absolute Gasteiger partial charge is 0.349 e. The van der Waals surface area contributed by atoms with Crippen molar-refractivity contribution in [2.24, 2.45) is 0 Å². The Labute approximate surface area is 139 Å². The summed E-state index contributed by atoms with van der Waals surface area (Å²) < 4.78 is 29.7. The average molecular weight is 426 g/mol. The number of rotatable bonds is 8. The second-order valence-corrected chi connectivity index (χ2v) is 7.44. The lowest BCUT2D eigenvalue weighted by Crippen LogP contribution is -2.19. The van der Waals surface area contributed by atoms with Gasteiger partial charge in [-0.2, -0.15) is 0 Å². The van der Waals surface area contributed by atoms with E-state index in [1.54, 1.807) is 32.9 Å². The summed E-state index contributed by atoms with van der Waals surface area (Å²) in [7, 11) is -3.63. The number of ether oxygens (including phenoxy) is 1. The second-order valence-electron chi connectivity index (χ2n) is 4.08. The van der Waals surface area contributed by atoms with Crippen LogP contribution in [0, 0.1) is 3.57 Å². The zero-order valence-electron chi connectivity index (χ0n) is 12.4. The van der Waals surface area contributed by atoms with Gasteiger partial charge in [-0.3, -0.25) is 9.36 Å². The zero-order valence-corrected chi connectivity index (χ0v) is 15.4. The molecule has 0 saturated carbocycles. The Bertz CT molecular complexity index is 493. The molecule has 0 heterocycles. The van der Waals surface area contributed by atoms with Crippen molar-refractivity contribution in [2.45, 2.75) is 26.4 Å². The lowest BCUT2D eigenvalue weighted by molar-refractivity contribution is -0.143. The summed E-state index contributed by atoms with van der Waals surface area (Å²) in [6, 6.07) is 7.16. The molecule has 0 aliphatic rings. The highest BCUT2D eigenvalue weighted by Crippen LogP contribution is 2.61. The van der Waals surface area contributed by atoms with Crippen LogP contribution in [0.5, 0.6) is 0 Å². The third kappa shape index (κ3) is 5.06. The molecule has 0 bridgehead atoms. The molecule has 5 nitrogen and oxygen atoms in total. The van der Waals surface area contributed by atoms with E-state index in [0.29, 0.717) is 5.56 Å². The van der Waals surface area contributed by atoms with Crippen LogP contribution in [0.2, 0.25) is 0 Å². The number of carbonyl (C=O) groups is 1. The third-order valence-electron chi connectivity index (χ3n) is 2.63. The lowest BCUT2D eigenvalue weighted by atomic mass is 10.1. The Hall–Kier alpha value is -0.430. The Balaban J connectivity index is 3.25. The number of carbonyl (C=O) groups excluding carboxylic acids is 1. The van der Waals surface area contributed by atoms with Crippen LogP contribution in [0.3, 0.4) is 0 Å². The quantitative estimate of drug-likeness (QED) is 0.355. The molecule has 0 aliphatic carbocycles. The Morgan fingerprint density at radius 1 is 1.10 bits per heavy atom. The van der Waals surface area contributed by atoms with Crippen LogP contribution in [0.15, 0.2) is 24.3 Å². The lowest BCUT2D eigenvalue weighted by Gasteiger charge is -2.25. The number of esters is 1. The van der Waals surface area contributed by atoms with Crippen molar-refractivity contribution < 1.29 is 23.1 Å². The summed E-state index contributed by atoms with van der Waals surface area (Å²) in [6.45, 7) is 5.71. The number of halogens is 1. The standard InChI is InChI=1S/C14H20IO5P/c1-4-18-14(16)13(11-7-9-12(15)10-8-11)21(17,19-5-2)20-6-3/h7-10,13H,4-6H2,1-3H3. The molecule has 21 heavy (non-hydrogen) atoms. The molecule has 0 radical (unpaired) electrons. The maximum atomic E-state index is 13.0. The Morgan fingerprint density at radius 2 is 1.62 bits per heavy atom. The minimum Gasteiger partial charge on any atom is -0.465 e. The summed E-state index contributed by atoms with van der Waals surface area (Å²) in [5.41, 5.74) is -0.492. The van der Waals surface area contributed by atoms with Gasteiger partial charge in [0, 0.05) is 3.57 Å². The number of hydrogen-bond acceptors (Lipinski definition) is 5. The molecular weight excluding hydrogens is 406 g/mol. The van der Waals surface area contributed by atoms with Crippen molar-refractivity contribution >= 4 is 36.2 Å². The average Bonchev–Trinajstić information content (AvgIpc) is 2.42. The van der Waals surface area contributed by atoms with Crippen LogP contribution in [-0.4, -0.2) is 25.8 Å². The Kier molecular flexibility index (Phi) is 7.87. The highest BCUT2D eigenvalue weighted by molar-refractivity contribution is 14.1. The van der Waals surface area contributed by atoms with Gasteiger partial charge in [0.2, 0.25) is 0 Å². The fraction of sp³-hybridized carbons (Fsp3) is 0.500. The maximum absolute atomic E-state index is 13.0. The van der Waals surface area contributed by atoms with Crippen LogP contribution < -0.4 is 0 Å². The monoisotopic (exact) mass is 426 g/mol. The van der Waals surface area contributed by atoms with Gasteiger partial charge in [-0.15, -0.1) is 0 Å². The minimum atomic E-state index is -3.63. The molecule has 0 aromatic heterocycles. The van der Waals surface area contributed by atoms with Gasteiger partial charge < -0.3 is 13.8 Å². The van der Waals surface area contributed by atoms with Crippen molar-refractivity contribution in [2.75, 3.05) is 19.8 Å². The predicted molar refractivity (Wildman–Crippen MR) is 89.4 cm³/mol. The van der Waals surface area contributed by atoms with Crippen LogP contribution >= 0.6 is 30.2 Å². The molecule has 0 N–H and O–H groups in total. The predicted octanol–water partition coefficient (Wildman–Crippen LogP) is 4.16. The van der Waals surface area contributed by atoms with Crippen molar-refractivity contribution in [3.8, 4) is 0 Å². The van der Waals surface area contributed by atoms with E-state index in [2.05, 4.69) is 22.6 Å². The van der Waals surface area contributed by atoms with Gasteiger partial charge >= 0.3 is 13.6 Å². The second kappa shape index (κ2) is 8.88. The summed E-state index contributed by atoms with van der Waals surface area (Å²) >= 11 is 2.16. The topological polar surface area (TPSA) is 61.8 Å². The normalized spacial score (nSPS) is 13.0. The zero-order chi connectivity index (χ0) is 15.9. The highest BCUT2D eigenvalue weighted by atomic mass is 127. The molecule has 1 aromatic carbocycles. The first kappa shape index (κ1) is 18.6. The molecule has 0 fully saturated rings. The van der Waals surface area contributed by atoms with Gasteiger partial charge in [0.05, 0.1) is 19.8 Å². The van der Waals surface area contributed by atoms with Gasteiger partial charge in [0.15, 0.2) is 5.66 Å². The van der Waals surface area contributed by atoms with Crippen molar-refractivity contribution in [1.29, 1.82) is 0 Å². The van der Waals surface area contributed by atoms with E-state index in [4.69, 9.17) is 13.8 Å². The van der Waals surface area contributed by atoms with Gasteiger partial charge in [-0.1, -0.05) is 12.1 Å². The summed E-state index contributed by atoms with van der Waals surface area (Å²) in [5.74, 6) is -0.594. The molecular formula is C14H20IO5P. The first-order chi connectivity index (χ1) is 9.98. The summed E-state index contributed by atoms with van der Waals surface area (Å²) in [4.78, 5) is 12.3. The van der Waals surface area contributed by atoms with Crippen molar-refractivity contribution in [1.82, 2.24) is 0 Å². The van der Waals surface area contributed by atoms with Gasteiger partial charge in [0.1, 0.15) is 0 Å². The van der Waals surface area contributed by atoms with E-state index >= 15 is 0 Å². The molecule has 0 spiro atoms. The van der Waals surface area contributed by atoms with E-state index in [0.717, 1.165) is 3.57 Å². The molecule has 0 amide bonds. The molecule has 0 aliphatic heterocycles. The fourth-order valence-corrected chi connectivity index (χ4v) is 4.18. The fourth-order valence-electron chi connectivity index (χ4n) is 1.86. The molecule has 0 saturated heterocycles. The number of benzene rings is 1. The highest BCUT2D eigenvalue weighted by Gasteiger charge is 2.43. The minimum absolute atomic E-state index is 0.192. The van der Waals surface area contributed by atoms with E-state index < -0.39 is 19.2 Å². The maximum Gasteiger partial charge on any atom is 0.349 e. The van der Waals surface area contributed by atoms with Gasteiger partial charge in [0.25, 0.3) is 0 Å². The molecule has 1 aromatic rings. The SMILES string of the molecule is CCOC(=O)C(c1ccc(I)cc1)P(=O)(OCC)OCC. The van der Waals surface area contributed by atoms with Crippen LogP contribution in [-0.2, 0) is 23.1 Å². The van der Waals surface area contributed by atoms with E-state index in [1.165, 1.54) is 0 Å². The van der Waals surface area contributed by atoms with Crippen molar-refractivity contribution in [3.05, 3.63) is 33.4 Å². The van der Waals surface area contributed by atoms with Crippen LogP contribution in [0.1, 0.15) is 32.0 Å². The molecule has 1 rings (SSSR count). The number of hydrogen-bond donors (Lipinski definition) is 0. The van der Waals surface area contributed by atoms with E-state index in [1.807, 2.05) is 12.1 Å². The first-order valence-electron chi connectivity index (χ1n) is 6.79. The molecule has 118 valence electrons. The molecule has 7 heteroatoms. The van der Waals surface area contributed by atoms with Crippen LogP contribution in [0.25, 0.3) is 0 Å². The third-order valence-corrected chi connectivity index (χ3v) is 5.73. The largest absolute Gasteiger partial charge is 0.465 e. The van der Waals surface area contributed by atoms with Crippen molar-refractivity contribution in [3.63, 3.8) is 0 Å². The summed E-state index contributed by atoms with van der Waals surface area (Å²) in [5, 5.41) is 0.